The van der Waals surface area contributed by atoms with E-state index in [0.29, 0.717) is 6.04 Å². The van der Waals surface area contributed by atoms with Gasteiger partial charge in [-0.25, -0.2) is 0 Å². The minimum absolute atomic E-state index is 0.619. The Morgan fingerprint density at radius 1 is 1.31 bits per heavy atom. The normalized spacial score (nSPS) is 18.6. The van der Waals surface area contributed by atoms with Crippen LogP contribution in [-0.2, 0) is 0 Å². The van der Waals surface area contributed by atoms with Crippen molar-refractivity contribution in [3.05, 3.63) is 0 Å². The van der Waals surface area contributed by atoms with Crippen molar-refractivity contribution in [1.29, 1.82) is 0 Å². The molecule has 0 aromatic rings. The van der Waals surface area contributed by atoms with E-state index >= 15 is 0 Å². The topological polar surface area (TPSA) is 27.3 Å². The predicted molar refractivity (Wildman–Crippen MR) is 70.9 cm³/mol. The van der Waals surface area contributed by atoms with Crippen molar-refractivity contribution < 1.29 is 0 Å². The van der Waals surface area contributed by atoms with Crippen LogP contribution in [0, 0.1) is 0 Å². The second-order valence-corrected chi connectivity index (χ2v) is 5.07. The number of nitrogens with zero attached hydrogens (tertiary/aromatic N) is 1. The van der Waals surface area contributed by atoms with Gasteiger partial charge in [-0.1, -0.05) is 20.8 Å². The lowest BCUT2D eigenvalue weighted by atomic mass is 10.0. The molecule has 3 nitrogen and oxygen atoms in total. The molecule has 2 N–H and O–H groups in total. The van der Waals surface area contributed by atoms with Crippen LogP contribution in [0.3, 0.4) is 0 Å². The van der Waals surface area contributed by atoms with Gasteiger partial charge in [0.1, 0.15) is 0 Å². The van der Waals surface area contributed by atoms with E-state index in [4.69, 9.17) is 0 Å². The number of hydrogen-bond acceptors (Lipinski definition) is 3. The summed E-state index contributed by atoms with van der Waals surface area (Å²) in [4.78, 5) is 2.66. The van der Waals surface area contributed by atoms with E-state index in [1.165, 1.54) is 45.4 Å². The minimum Gasteiger partial charge on any atom is -0.317 e. The van der Waals surface area contributed by atoms with Crippen LogP contribution < -0.4 is 10.6 Å². The summed E-state index contributed by atoms with van der Waals surface area (Å²) >= 11 is 0. The zero-order valence-electron chi connectivity index (χ0n) is 11.3. The van der Waals surface area contributed by atoms with Gasteiger partial charge in [-0.2, -0.15) is 0 Å². The molecular weight excluding hydrogens is 198 g/mol. The van der Waals surface area contributed by atoms with Gasteiger partial charge in [-0.15, -0.1) is 0 Å². The summed E-state index contributed by atoms with van der Waals surface area (Å²) in [5.74, 6) is 0. The van der Waals surface area contributed by atoms with Crippen molar-refractivity contribution in [2.45, 2.75) is 52.1 Å². The molecular formula is C13H29N3. The van der Waals surface area contributed by atoms with Crippen molar-refractivity contribution in [2.24, 2.45) is 0 Å². The van der Waals surface area contributed by atoms with E-state index in [1.807, 2.05) is 0 Å². The Balaban J connectivity index is 2.15. The average Bonchev–Trinajstić information content (AvgIpc) is 2.30. The molecule has 0 aromatic heterocycles. The van der Waals surface area contributed by atoms with Crippen LogP contribution in [0.1, 0.15) is 40.0 Å². The highest BCUT2D eigenvalue weighted by molar-refractivity contribution is 4.77. The summed E-state index contributed by atoms with van der Waals surface area (Å²) in [6.07, 6.45) is 3.92. The molecule has 1 aliphatic rings. The van der Waals surface area contributed by atoms with Gasteiger partial charge in [0.25, 0.3) is 0 Å². The second-order valence-electron chi connectivity index (χ2n) is 5.07. The fourth-order valence-corrected chi connectivity index (χ4v) is 2.44. The second kappa shape index (κ2) is 8.04. The summed E-state index contributed by atoms with van der Waals surface area (Å²) in [6, 6.07) is 1.44. The standard InChI is InChI=1S/C13H29N3/c1-4-16(11-5-8-15-12(2)3)13-6-9-14-10-7-13/h12-15H,4-11H2,1-3H3. The van der Waals surface area contributed by atoms with Gasteiger partial charge in [-0.3, -0.25) is 0 Å². The highest BCUT2D eigenvalue weighted by Crippen LogP contribution is 2.11. The van der Waals surface area contributed by atoms with Gasteiger partial charge >= 0.3 is 0 Å². The smallest absolute Gasteiger partial charge is 0.0119 e. The Bertz CT molecular complexity index is 165. The van der Waals surface area contributed by atoms with Crippen LogP contribution in [0.15, 0.2) is 0 Å². The molecule has 0 aliphatic carbocycles. The predicted octanol–water partition coefficient (Wildman–Crippen LogP) is 1.45. The third kappa shape index (κ3) is 5.28. The first-order valence-corrected chi connectivity index (χ1v) is 6.92. The summed E-state index contributed by atoms with van der Waals surface area (Å²) in [5, 5.41) is 6.93. The first kappa shape index (κ1) is 13.9. The molecule has 96 valence electrons. The van der Waals surface area contributed by atoms with Crippen LogP contribution in [-0.4, -0.2) is 49.7 Å². The summed E-state index contributed by atoms with van der Waals surface area (Å²) < 4.78 is 0. The molecule has 16 heavy (non-hydrogen) atoms. The monoisotopic (exact) mass is 227 g/mol. The number of hydrogen-bond donors (Lipinski definition) is 2. The van der Waals surface area contributed by atoms with Crippen molar-refractivity contribution in [3.8, 4) is 0 Å². The molecule has 3 heteroatoms. The first-order chi connectivity index (χ1) is 7.74. The SMILES string of the molecule is CCN(CCCNC(C)C)C1CCNCC1. The molecule has 0 atom stereocenters. The third-order valence-electron chi connectivity index (χ3n) is 3.41. The maximum atomic E-state index is 3.49. The van der Waals surface area contributed by atoms with Gasteiger partial charge in [0.2, 0.25) is 0 Å². The quantitative estimate of drug-likeness (QED) is 0.645. The first-order valence-electron chi connectivity index (χ1n) is 6.92. The maximum absolute atomic E-state index is 3.49. The van der Waals surface area contributed by atoms with Crippen LogP contribution in [0.4, 0.5) is 0 Å². The number of rotatable bonds is 7. The van der Waals surface area contributed by atoms with E-state index in [2.05, 4.69) is 36.3 Å². The largest absolute Gasteiger partial charge is 0.317 e. The summed E-state index contributed by atoms with van der Waals surface area (Å²) in [6.45, 7) is 12.7. The molecule has 0 amide bonds. The molecule has 1 saturated heterocycles. The molecule has 1 aliphatic heterocycles. The number of nitrogens with one attached hydrogen (secondary N) is 2. The average molecular weight is 227 g/mol. The Labute approximate surface area is 101 Å². The zero-order valence-corrected chi connectivity index (χ0v) is 11.3. The Morgan fingerprint density at radius 3 is 2.56 bits per heavy atom. The molecule has 0 unspecified atom stereocenters. The lowest BCUT2D eigenvalue weighted by Crippen LogP contribution is -2.44. The Kier molecular flexibility index (Phi) is 7.01. The lowest BCUT2D eigenvalue weighted by molar-refractivity contribution is 0.168. The zero-order chi connectivity index (χ0) is 11.8. The van der Waals surface area contributed by atoms with Crippen LogP contribution in [0.25, 0.3) is 0 Å². The molecule has 1 rings (SSSR count). The molecule has 0 spiro atoms. The molecule has 1 fully saturated rings. The van der Waals surface area contributed by atoms with E-state index in [-0.39, 0.29) is 0 Å². The fourth-order valence-electron chi connectivity index (χ4n) is 2.44. The maximum Gasteiger partial charge on any atom is 0.0119 e. The highest BCUT2D eigenvalue weighted by atomic mass is 15.2. The fraction of sp³-hybridized carbons (Fsp3) is 1.00. The lowest BCUT2D eigenvalue weighted by Gasteiger charge is -2.34. The van der Waals surface area contributed by atoms with Crippen LogP contribution in [0.2, 0.25) is 0 Å². The molecule has 0 aromatic carbocycles. The Hall–Kier alpha value is -0.120. The van der Waals surface area contributed by atoms with Crippen LogP contribution >= 0.6 is 0 Å². The van der Waals surface area contributed by atoms with Gasteiger partial charge in [0.05, 0.1) is 0 Å². The van der Waals surface area contributed by atoms with Crippen molar-refractivity contribution in [3.63, 3.8) is 0 Å². The van der Waals surface area contributed by atoms with Crippen LogP contribution in [0.5, 0.6) is 0 Å². The summed E-state index contributed by atoms with van der Waals surface area (Å²) in [5.41, 5.74) is 0. The minimum atomic E-state index is 0.619. The van der Waals surface area contributed by atoms with Crippen molar-refractivity contribution in [1.82, 2.24) is 15.5 Å². The molecule has 0 saturated carbocycles. The van der Waals surface area contributed by atoms with E-state index < -0.39 is 0 Å². The highest BCUT2D eigenvalue weighted by Gasteiger charge is 2.18. The van der Waals surface area contributed by atoms with Crippen molar-refractivity contribution >= 4 is 0 Å². The van der Waals surface area contributed by atoms with E-state index in [9.17, 15) is 0 Å². The van der Waals surface area contributed by atoms with Gasteiger partial charge < -0.3 is 15.5 Å². The van der Waals surface area contributed by atoms with Crippen molar-refractivity contribution in [2.75, 3.05) is 32.7 Å². The third-order valence-corrected chi connectivity index (χ3v) is 3.41. The summed E-state index contributed by atoms with van der Waals surface area (Å²) in [7, 11) is 0. The molecule has 0 radical (unpaired) electrons. The van der Waals surface area contributed by atoms with E-state index in [0.717, 1.165) is 12.6 Å². The van der Waals surface area contributed by atoms with Gasteiger partial charge in [0.15, 0.2) is 0 Å². The number of piperidine rings is 1. The molecule has 1 heterocycles. The van der Waals surface area contributed by atoms with Gasteiger partial charge in [0, 0.05) is 12.1 Å². The van der Waals surface area contributed by atoms with E-state index in [1.54, 1.807) is 0 Å². The Morgan fingerprint density at radius 2 is 2.00 bits per heavy atom. The molecule has 0 bridgehead atoms. The van der Waals surface area contributed by atoms with Gasteiger partial charge in [-0.05, 0) is 52.0 Å².